The molecule has 0 aliphatic heterocycles. The summed E-state index contributed by atoms with van der Waals surface area (Å²) in [5.41, 5.74) is 0.262. The molecule has 0 unspecified atom stereocenters. The average molecular weight is 378 g/mol. The van der Waals surface area contributed by atoms with Gasteiger partial charge in [-0.05, 0) is 37.3 Å². The van der Waals surface area contributed by atoms with Crippen molar-refractivity contribution in [2.24, 2.45) is 0 Å². The lowest BCUT2D eigenvalue weighted by molar-refractivity contribution is -0.142. The summed E-state index contributed by atoms with van der Waals surface area (Å²) in [4.78, 5) is 22.9. The molecular weight excluding hydrogens is 360 g/mol. The van der Waals surface area contributed by atoms with Crippen molar-refractivity contribution in [3.05, 3.63) is 60.6 Å². The summed E-state index contributed by atoms with van der Waals surface area (Å²) in [6, 6.07) is 9.01. The van der Waals surface area contributed by atoms with Crippen LogP contribution in [0.5, 0.6) is 0 Å². The van der Waals surface area contributed by atoms with Crippen molar-refractivity contribution in [2.45, 2.75) is 18.4 Å². The van der Waals surface area contributed by atoms with Gasteiger partial charge in [-0.15, -0.1) is 0 Å². The lowest BCUT2D eigenvalue weighted by Crippen LogP contribution is -2.23. The van der Waals surface area contributed by atoms with Crippen LogP contribution in [0.2, 0.25) is 0 Å². The highest BCUT2D eigenvalue weighted by Gasteiger charge is 2.15. The fourth-order valence-electron chi connectivity index (χ4n) is 1.92. The molecule has 138 valence electrons. The maximum atomic E-state index is 12.3. The van der Waals surface area contributed by atoms with Gasteiger partial charge >= 0.3 is 5.97 Å². The maximum Gasteiger partial charge on any atom is 0.330 e. The second kappa shape index (κ2) is 8.97. The number of amides is 1. The number of rotatable bonds is 8. The number of hydrogen-bond donors (Lipinski definition) is 2. The molecule has 1 amide bonds. The van der Waals surface area contributed by atoms with Crippen molar-refractivity contribution in [1.82, 2.24) is 4.72 Å². The molecule has 0 fully saturated rings. The number of carbonyl (C=O) groups excluding carboxylic acids is 2. The Morgan fingerprint density at radius 3 is 2.73 bits per heavy atom. The molecular formula is C17H18N2O6S. The summed E-state index contributed by atoms with van der Waals surface area (Å²) in [6.45, 7) is 1.18. The largest absolute Gasteiger partial charge is 0.468 e. The van der Waals surface area contributed by atoms with E-state index in [0.29, 0.717) is 5.76 Å². The van der Waals surface area contributed by atoms with Crippen LogP contribution >= 0.6 is 0 Å². The minimum absolute atomic E-state index is 0.00676. The second-order valence-electron chi connectivity index (χ2n) is 5.09. The molecule has 9 heteroatoms. The van der Waals surface area contributed by atoms with Gasteiger partial charge in [-0.2, -0.15) is 0 Å². The molecule has 0 saturated heterocycles. The Hall–Kier alpha value is -2.91. The summed E-state index contributed by atoms with van der Waals surface area (Å²) in [6.07, 6.45) is 4.12. The number of ether oxygens (including phenoxy) is 1. The van der Waals surface area contributed by atoms with E-state index in [4.69, 9.17) is 9.15 Å². The number of esters is 1. The molecule has 26 heavy (non-hydrogen) atoms. The quantitative estimate of drug-likeness (QED) is 0.535. The molecule has 0 aliphatic rings. The Morgan fingerprint density at radius 1 is 1.23 bits per heavy atom. The van der Waals surface area contributed by atoms with Crippen molar-refractivity contribution in [3.63, 3.8) is 0 Å². The van der Waals surface area contributed by atoms with Gasteiger partial charge in [0.1, 0.15) is 5.76 Å². The van der Waals surface area contributed by atoms with Crippen LogP contribution in [-0.4, -0.2) is 26.9 Å². The van der Waals surface area contributed by atoms with Gasteiger partial charge in [-0.3, -0.25) is 4.79 Å². The van der Waals surface area contributed by atoms with E-state index < -0.39 is 28.5 Å². The number of furan rings is 1. The molecule has 0 radical (unpaired) electrons. The van der Waals surface area contributed by atoms with Gasteiger partial charge in [0.25, 0.3) is 5.91 Å². The summed E-state index contributed by atoms with van der Waals surface area (Å²) >= 11 is 0. The number of anilines is 1. The molecule has 2 rings (SSSR count). The molecule has 1 aromatic carbocycles. The lowest BCUT2D eigenvalue weighted by atomic mass is 10.3. The third kappa shape index (κ3) is 5.87. The maximum absolute atomic E-state index is 12.3. The molecule has 2 N–H and O–H groups in total. The first-order valence-corrected chi connectivity index (χ1v) is 9.10. The van der Waals surface area contributed by atoms with Crippen molar-refractivity contribution in [3.8, 4) is 0 Å². The van der Waals surface area contributed by atoms with Crippen LogP contribution in [0.4, 0.5) is 5.69 Å². The Morgan fingerprint density at radius 2 is 2.04 bits per heavy atom. The van der Waals surface area contributed by atoms with Crippen LogP contribution in [0.3, 0.4) is 0 Å². The summed E-state index contributed by atoms with van der Waals surface area (Å²) in [5.74, 6) is -0.747. The number of allylic oxidation sites excluding steroid dienone is 1. The zero-order valence-corrected chi connectivity index (χ0v) is 14.8. The molecule has 0 atom stereocenters. The molecule has 1 heterocycles. The second-order valence-corrected chi connectivity index (χ2v) is 6.85. The van der Waals surface area contributed by atoms with E-state index in [-0.39, 0.29) is 17.1 Å². The molecule has 8 nitrogen and oxygen atoms in total. The van der Waals surface area contributed by atoms with Gasteiger partial charge in [0.2, 0.25) is 10.0 Å². The summed E-state index contributed by atoms with van der Waals surface area (Å²) < 4.78 is 36.8. The number of carbonyl (C=O) groups is 2. The lowest BCUT2D eigenvalue weighted by Gasteiger charge is -2.09. The van der Waals surface area contributed by atoms with Crippen molar-refractivity contribution >= 4 is 27.6 Å². The number of nitrogens with one attached hydrogen (secondary N) is 2. The first kappa shape index (κ1) is 19.4. The number of hydrogen-bond acceptors (Lipinski definition) is 6. The number of benzene rings is 1. The third-order valence-electron chi connectivity index (χ3n) is 3.09. The van der Waals surface area contributed by atoms with Crippen LogP contribution < -0.4 is 10.0 Å². The standard InChI is InChI=1S/C17H18N2O6S/c1-2-5-17(21)25-12-16(20)19-13-6-3-8-15(10-13)26(22,23)18-11-14-7-4-9-24-14/h2-10,18H,11-12H2,1H3,(H,19,20)/b5-2+. The predicted molar refractivity (Wildman–Crippen MR) is 93.6 cm³/mol. The minimum atomic E-state index is -3.78. The Kier molecular flexibility index (Phi) is 6.70. The highest BCUT2D eigenvalue weighted by atomic mass is 32.2. The zero-order valence-electron chi connectivity index (χ0n) is 14.0. The normalized spacial score (nSPS) is 11.4. The van der Waals surface area contributed by atoms with Crippen LogP contribution in [0.15, 0.2) is 64.1 Å². The van der Waals surface area contributed by atoms with Crippen molar-refractivity contribution < 1.29 is 27.2 Å². The summed E-state index contributed by atoms with van der Waals surface area (Å²) in [5, 5.41) is 2.47. The van der Waals surface area contributed by atoms with E-state index in [2.05, 4.69) is 10.0 Å². The van der Waals surface area contributed by atoms with Gasteiger partial charge in [0.15, 0.2) is 6.61 Å². The van der Waals surface area contributed by atoms with Crippen molar-refractivity contribution in [1.29, 1.82) is 0 Å². The molecule has 1 aromatic heterocycles. The van der Waals surface area contributed by atoms with E-state index in [9.17, 15) is 18.0 Å². The average Bonchev–Trinajstić information content (AvgIpc) is 3.12. The molecule has 0 spiro atoms. The Balaban J connectivity index is 1.98. The number of sulfonamides is 1. The smallest absolute Gasteiger partial charge is 0.330 e. The predicted octanol–water partition coefficient (Wildman–Crippen LogP) is 1.82. The van der Waals surface area contributed by atoms with Crippen LogP contribution in [0, 0.1) is 0 Å². The van der Waals surface area contributed by atoms with Gasteiger partial charge in [0.05, 0.1) is 17.7 Å². The molecule has 2 aromatic rings. The third-order valence-corrected chi connectivity index (χ3v) is 4.49. The fraction of sp³-hybridized carbons (Fsp3) is 0.176. The van der Waals surface area contributed by atoms with Crippen LogP contribution in [0.1, 0.15) is 12.7 Å². The summed E-state index contributed by atoms with van der Waals surface area (Å²) in [7, 11) is -3.78. The first-order chi connectivity index (χ1) is 12.4. The van der Waals surface area contributed by atoms with E-state index in [1.165, 1.54) is 42.7 Å². The Labute approximate surface area is 150 Å². The topological polar surface area (TPSA) is 115 Å². The van der Waals surface area contributed by atoms with Crippen molar-refractivity contribution in [2.75, 3.05) is 11.9 Å². The highest BCUT2D eigenvalue weighted by Crippen LogP contribution is 2.16. The fourth-order valence-corrected chi connectivity index (χ4v) is 2.96. The first-order valence-electron chi connectivity index (χ1n) is 7.62. The van der Waals surface area contributed by atoms with Gasteiger partial charge in [-0.25, -0.2) is 17.9 Å². The van der Waals surface area contributed by atoms with E-state index in [1.54, 1.807) is 19.1 Å². The highest BCUT2D eigenvalue weighted by molar-refractivity contribution is 7.89. The van der Waals surface area contributed by atoms with E-state index in [1.807, 2.05) is 0 Å². The van der Waals surface area contributed by atoms with Gasteiger partial charge in [0, 0.05) is 11.8 Å². The van der Waals surface area contributed by atoms with Gasteiger partial charge < -0.3 is 14.5 Å². The molecule has 0 aliphatic carbocycles. The Bertz CT molecular complexity index is 888. The molecule has 0 saturated carbocycles. The van der Waals surface area contributed by atoms with Crippen LogP contribution in [0.25, 0.3) is 0 Å². The van der Waals surface area contributed by atoms with E-state index >= 15 is 0 Å². The molecule has 0 bridgehead atoms. The van der Waals surface area contributed by atoms with E-state index in [0.717, 1.165) is 0 Å². The van der Waals surface area contributed by atoms with Crippen LogP contribution in [-0.2, 0) is 30.9 Å². The zero-order chi connectivity index (χ0) is 19.0. The van der Waals surface area contributed by atoms with Gasteiger partial charge in [-0.1, -0.05) is 12.1 Å². The minimum Gasteiger partial charge on any atom is -0.468 e. The SMILES string of the molecule is C/C=C/C(=O)OCC(=O)Nc1cccc(S(=O)(=O)NCc2ccco2)c1. The monoisotopic (exact) mass is 378 g/mol.